The molecule has 2 aromatic rings. The molecule has 0 fully saturated rings. The predicted octanol–water partition coefficient (Wildman–Crippen LogP) is 5.97. The summed E-state index contributed by atoms with van der Waals surface area (Å²) in [7, 11) is 0. The lowest BCUT2D eigenvalue weighted by Gasteiger charge is -2.07. The van der Waals surface area contributed by atoms with Crippen LogP contribution in [0.4, 0.5) is 0 Å². The summed E-state index contributed by atoms with van der Waals surface area (Å²) in [5.41, 5.74) is 1.81. The molecule has 0 radical (unpaired) electrons. The number of unbranched alkanes of at least 4 members (excludes halogenated alkanes) is 3. The lowest BCUT2D eigenvalue weighted by Crippen LogP contribution is -1.97. The van der Waals surface area contributed by atoms with Crippen LogP contribution < -0.4 is 4.74 Å². The first kappa shape index (κ1) is 18.0. The zero-order valence-electron chi connectivity index (χ0n) is 13.1. The Balaban J connectivity index is 2.01. The minimum atomic E-state index is 0.750. The number of ether oxygens (including phenoxy) is 1. The fourth-order valence-electron chi connectivity index (χ4n) is 2.03. The Morgan fingerprint density at radius 2 is 1.83 bits per heavy atom. The molecule has 1 aromatic heterocycles. The van der Waals surface area contributed by atoms with E-state index < -0.39 is 0 Å². The number of hydrogen-bond acceptors (Lipinski definition) is 2. The van der Waals surface area contributed by atoms with Crippen LogP contribution in [0.3, 0.4) is 0 Å². The fraction of sp³-hybridized carbons (Fsp3) is 0.316. The van der Waals surface area contributed by atoms with E-state index in [-0.39, 0.29) is 0 Å². The van der Waals surface area contributed by atoms with Crippen molar-refractivity contribution in [1.29, 1.82) is 0 Å². The van der Waals surface area contributed by atoms with E-state index in [0.717, 1.165) is 39.0 Å². The third-order valence-electron chi connectivity index (χ3n) is 3.22. The van der Waals surface area contributed by atoms with Crippen LogP contribution in [0.5, 0.6) is 5.75 Å². The maximum Gasteiger partial charge on any atom is 0.121 e. The maximum absolute atomic E-state index is 5.83. The van der Waals surface area contributed by atoms with Gasteiger partial charge in [0.15, 0.2) is 0 Å². The summed E-state index contributed by atoms with van der Waals surface area (Å²) in [5.74, 6) is 7.13. The van der Waals surface area contributed by atoms with Crippen LogP contribution in [0.2, 0.25) is 0 Å². The van der Waals surface area contributed by atoms with E-state index in [9.17, 15) is 0 Å². The standard InChI is InChI=1S/C19H19Br2NO/c1-2-3-4-5-10-23-18-12-16(11-17(20)13-18)7-6-15-8-9-19(21)22-14-15/h8-9,11-14H,2-5,10H2,1H3. The normalized spacial score (nSPS) is 10.0. The third kappa shape index (κ3) is 6.76. The summed E-state index contributed by atoms with van der Waals surface area (Å²) < 4.78 is 7.61. The summed E-state index contributed by atoms with van der Waals surface area (Å²) in [6.07, 6.45) is 6.56. The third-order valence-corrected chi connectivity index (χ3v) is 4.14. The predicted molar refractivity (Wildman–Crippen MR) is 102 cm³/mol. The van der Waals surface area contributed by atoms with E-state index in [1.165, 1.54) is 19.3 Å². The van der Waals surface area contributed by atoms with Gasteiger partial charge in [0.1, 0.15) is 10.4 Å². The summed E-state index contributed by atoms with van der Waals surface area (Å²) >= 11 is 6.83. The molecule has 0 spiro atoms. The van der Waals surface area contributed by atoms with Crippen LogP contribution in [0.1, 0.15) is 43.7 Å². The molecule has 23 heavy (non-hydrogen) atoms. The summed E-state index contributed by atoms with van der Waals surface area (Å²) in [5, 5.41) is 0. The second-order valence-corrected chi connectivity index (χ2v) is 6.93. The summed E-state index contributed by atoms with van der Waals surface area (Å²) in [6, 6.07) is 9.77. The monoisotopic (exact) mass is 435 g/mol. The topological polar surface area (TPSA) is 22.1 Å². The van der Waals surface area contributed by atoms with Crippen molar-refractivity contribution < 1.29 is 4.74 Å². The largest absolute Gasteiger partial charge is 0.494 e. The van der Waals surface area contributed by atoms with E-state index in [2.05, 4.69) is 55.6 Å². The van der Waals surface area contributed by atoms with Gasteiger partial charge in [0.05, 0.1) is 6.61 Å². The SMILES string of the molecule is CCCCCCOc1cc(Br)cc(C#Cc2ccc(Br)nc2)c1. The van der Waals surface area contributed by atoms with Crippen LogP contribution in [0, 0.1) is 11.8 Å². The number of pyridine rings is 1. The van der Waals surface area contributed by atoms with Gasteiger partial charge in [-0.2, -0.15) is 0 Å². The summed E-state index contributed by atoms with van der Waals surface area (Å²) in [6.45, 7) is 2.96. The van der Waals surface area contributed by atoms with Gasteiger partial charge in [0, 0.05) is 21.8 Å². The molecule has 1 aromatic carbocycles. The number of nitrogens with zero attached hydrogens (tertiary/aromatic N) is 1. The minimum absolute atomic E-state index is 0.750. The molecule has 120 valence electrons. The highest BCUT2D eigenvalue weighted by molar-refractivity contribution is 9.10. The minimum Gasteiger partial charge on any atom is -0.494 e. The lowest BCUT2D eigenvalue weighted by atomic mass is 10.2. The number of rotatable bonds is 6. The average Bonchev–Trinajstić information content (AvgIpc) is 2.54. The van der Waals surface area contributed by atoms with Crippen molar-refractivity contribution in [3.63, 3.8) is 0 Å². The quantitative estimate of drug-likeness (QED) is 0.316. The molecule has 0 saturated heterocycles. The second-order valence-electron chi connectivity index (χ2n) is 5.20. The molecule has 0 atom stereocenters. The molecule has 0 saturated carbocycles. The molecule has 0 bridgehead atoms. The van der Waals surface area contributed by atoms with Crippen molar-refractivity contribution >= 4 is 31.9 Å². The molecule has 0 amide bonds. The van der Waals surface area contributed by atoms with E-state index in [4.69, 9.17) is 4.74 Å². The maximum atomic E-state index is 5.83. The molecule has 0 N–H and O–H groups in total. The highest BCUT2D eigenvalue weighted by Crippen LogP contribution is 2.21. The Kier molecular flexibility index (Phi) is 7.64. The van der Waals surface area contributed by atoms with Crippen LogP contribution in [-0.2, 0) is 0 Å². The molecular formula is C19H19Br2NO. The van der Waals surface area contributed by atoms with Gasteiger partial charge in [-0.05, 0) is 52.7 Å². The van der Waals surface area contributed by atoms with E-state index in [0.29, 0.717) is 0 Å². The van der Waals surface area contributed by atoms with Gasteiger partial charge in [-0.25, -0.2) is 4.98 Å². The van der Waals surface area contributed by atoms with Crippen molar-refractivity contribution in [2.24, 2.45) is 0 Å². The van der Waals surface area contributed by atoms with Crippen molar-refractivity contribution in [3.8, 4) is 17.6 Å². The zero-order chi connectivity index (χ0) is 16.5. The molecule has 0 aliphatic carbocycles. The number of hydrogen-bond donors (Lipinski definition) is 0. The Bertz CT molecular complexity index is 687. The first-order valence-corrected chi connectivity index (χ1v) is 9.33. The number of benzene rings is 1. The molecule has 1 heterocycles. The Morgan fingerprint density at radius 1 is 1.00 bits per heavy atom. The highest BCUT2D eigenvalue weighted by atomic mass is 79.9. The van der Waals surface area contributed by atoms with Crippen molar-refractivity contribution in [2.45, 2.75) is 32.6 Å². The van der Waals surface area contributed by atoms with Crippen LogP contribution in [0.25, 0.3) is 0 Å². The average molecular weight is 437 g/mol. The Labute approximate surface area is 154 Å². The van der Waals surface area contributed by atoms with Gasteiger partial charge >= 0.3 is 0 Å². The van der Waals surface area contributed by atoms with E-state index >= 15 is 0 Å². The molecule has 4 heteroatoms. The van der Waals surface area contributed by atoms with E-state index in [1.54, 1.807) is 6.20 Å². The summed E-state index contributed by atoms with van der Waals surface area (Å²) in [4.78, 5) is 4.17. The van der Waals surface area contributed by atoms with Crippen molar-refractivity contribution in [2.75, 3.05) is 6.61 Å². The zero-order valence-corrected chi connectivity index (χ0v) is 16.3. The first-order valence-electron chi connectivity index (χ1n) is 7.74. The number of halogens is 2. The van der Waals surface area contributed by atoms with Gasteiger partial charge in [0.2, 0.25) is 0 Å². The lowest BCUT2D eigenvalue weighted by molar-refractivity contribution is 0.305. The van der Waals surface area contributed by atoms with Gasteiger partial charge in [0.25, 0.3) is 0 Å². The van der Waals surface area contributed by atoms with Crippen molar-refractivity contribution in [1.82, 2.24) is 4.98 Å². The molecule has 2 nitrogen and oxygen atoms in total. The van der Waals surface area contributed by atoms with Crippen LogP contribution >= 0.6 is 31.9 Å². The van der Waals surface area contributed by atoms with Gasteiger partial charge in [-0.1, -0.05) is 54.0 Å². The Morgan fingerprint density at radius 3 is 2.57 bits per heavy atom. The Hall–Kier alpha value is -1.31. The van der Waals surface area contributed by atoms with Crippen LogP contribution in [0.15, 0.2) is 45.6 Å². The molecule has 0 aliphatic rings. The molecule has 2 rings (SSSR count). The highest BCUT2D eigenvalue weighted by Gasteiger charge is 1.99. The van der Waals surface area contributed by atoms with Gasteiger partial charge in [-0.3, -0.25) is 0 Å². The van der Waals surface area contributed by atoms with Crippen LogP contribution in [-0.4, -0.2) is 11.6 Å². The first-order chi connectivity index (χ1) is 11.2. The molecule has 0 unspecified atom stereocenters. The van der Waals surface area contributed by atoms with Crippen molar-refractivity contribution in [3.05, 3.63) is 56.7 Å². The molecule has 0 aliphatic heterocycles. The van der Waals surface area contributed by atoms with Gasteiger partial charge in [-0.15, -0.1) is 0 Å². The number of aromatic nitrogens is 1. The molecular weight excluding hydrogens is 418 g/mol. The smallest absolute Gasteiger partial charge is 0.121 e. The van der Waals surface area contributed by atoms with E-state index in [1.807, 2.05) is 30.3 Å². The fourth-order valence-corrected chi connectivity index (χ4v) is 2.74. The second kappa shape index (κ2) is 9.75. The van der Waals surface area contributed by atoms with Gasteiger partial charge < -0.3 is 4.74 Å².